The molecule has 0 aliphatic heterocycles. The van der Waals surface area contributed by atoms with Gasteiger partial charge in [0.15, 0.2) is 0 Å². The minimum atomic E-state index is -0.970. The van der Waals surface area contributed by atoms with Gasteiger partial charge in [0.25, 0.3) is 0 Å². The Balaban J connectivity index is 3.15. The van der Waals surface area contributed by atoms with E-state index in [-0.39, 0.29) is 6.61 Å². The number of hydrogen-bond acceptors (Lipinski definition) is 0. The first-order chi connectivity index (χ1) is 3.06. The molecule has 0 rings (SSSR count). The highest BCUT2D eigenvalue weighted by atomic mass is 28.3. The smallest absolute Gasteiger partial charge is 0.0798 e. The van der Waals surface area contributed by atoms with Crippen molar-refractivity contribution >= 4 is 8.07 Å². The Bertz CT molecular complexity index is 46.5. The molecular formula is C5H13OSi. The van der Waals surface area contributed by atoms with E-state index < -0.39 is 8.07 Å². The first-order valence-corrected chi connectivity index (χ1v) is 6.35. The predicted molar refractivity (Wildman–Crippen MR) is 33.7 cm³/mol. The summed E-state index contributed by atoms with van der Waals surface area (Å²) in [6.45, 7) is 6.76. The van der Waals surface area contributed by atoms with Crippen LogP contribution in [0.1, 0.15) is 0 Å². The molecule has 0 fully saturated rings. The van der Waals surface area contributed by atoms with Gasteiger partial charge in [-0.15, -0.1) is 0 Å². The highest BCUT2D eigenvalue weighted by Crippen LogP contribution is 2.05. The molecule has 0 amide bonds. The lowest BCUT2D eigenvalue weighted by Crippen LogP contribution is -2.20. The molecule has 0 saturated heterocycles. The fourth-order valence-corrected chi connectivity index (χ4v) is 0.919. The molecule has 0 aromatic rings. The summed E-state index contributed by atoms with van der Waals surface area (Å²) in [5.41, 5.74) is 0. The standard InChI is InChI=1S/C5H13OSi/c1-7(2,3)5-4-6/h4-5H2,1-3H3. The summed E-state index contributed by atoms with van der Waals surface area (Å²) in [6, 6.07) is 0.924. The van der Waals surface area contributed by atoms with E-state index in [2.05, 4.69) is 19.6 Å². The van der Waals surface area contributed by atoms with Crippen molar-refractivity contribution in [3.63, 3.8) is 0 Å². The van der Waals surface area contributed by atoms with Crippen LogP contribution in [0.3, 0.4) is 0 Å². The van der Waals surface area contributed by atoms with E-state index in [1.807, 2.05) is 0 Å². The van der Waals surface area contributed by atoms with Gasteiger partial charge in [-0.25, -0.2) is 5.11 Å². The maximum atomic E-state index is 9.98. The summed E-state index contributed by atoms with van der Waals surface area (Å²) in [5.74, 6) is 0. The zero-order chi connectivity index (χ0) is 5.91. The fraction of sp³-hybridized carbons (Fsp3) is 1.00. The molecule has 0 heterocycles. The van der Waals surface area contributed by atoms with Gasteiger partial charge in [-0.3, -0.25) is 0 Å². The molecule has 1 nitrogen and oxygen atoms in total. The van der Waals surface area contributed by atoms with E-state index in [0.29, 0.717) is 0 Å². The van der Waals surface area contributed by atoms with Crippen molar-refractivity contribution < 1.29 is 5.11 Å². The fourth-order valence-electron chi connectivity index (χ4n) is 0.306. The minimum absolute atomic E-state index is 0.121. The normalized spacial score (nSPS) is 12.0. The first kappa shape index (κ1) is 7.18. The largest absolute Gasteiger partial charge is 0.237 e. The molecule has 0 aliphatic rings. The summed E-state index contributed by atoms with van der Waals surface area (Å²) in [7, 11) is -0.970. The molecule has 0 bridgehead atoms. The first-order valence-electron chi connectivity index (χ1n) is 2.64. The molecular weight excluding hydrogens is 104 g/mol. The van der Waals surface area contributed by atoms with Gasteiger partial charge in [-0.2, -0.15) is 0 Å². The molecule has 0 unspecified atom stereocenters. The topological polar surface area (TPSA) is 19.9 Å². The van der Waals surface area contributed by atoms with Crippen molar-refractivity contribution in [3.8, 4) is 0 Å². The average molecular weight is 117 g/mol. The average Bonchev–Trinajstić information content (AvgIpc) is 1.30. The van der Waals surface area contributed by atoms with Gasteiger partial charge in [0.1, 0.15) is 0 Å². The van der Waals surface area contributed by atoms with Crippen LogP contribution < -0.4 is 0 Å². The lowest BCUT2D eigenvalue weighted by Gasteiger charge is -2.10. The van der Waals surface area contributed by atoms with Crippen molar-refractivity contribution in [1.29, 1.82) is 0 Å². The lowest BCUT2D eigenvalue weighted by molar-refractivity contribution is 0.210. The maximum Gasteiger partial charge on any atom is 0.0798 e. The van der Waals surface area contributed by atoms with Crippen LogP contribution in [0.2, 0.25) is 25.7 Å². The van der Waals surface area contributed by atoms with E-state index in [0.717, 1.165) is 6.04 Å². The van der Waals surface area contributed by atoms with Gasteiger partial charge in [0.2, 0.25) is 0 Å². The van der Waals surface area contributed by atoms with E-state index in [4.69, 9.17) is 0 Å². The Kier molecular flexibility index (Phi) is 2.54. The molecule has 0 saturated carbocycles. The second-order valence-corrected chi connectivity index (χ2v) is 8.64. The Labute approximate surface area is 46.4 Å². The second kappa shape index (κ2) is 2.48. The Morgan fingerprint density at radius 1 is 1.29 bits per heavy atom. The number of rotatable bonds is 2. The van der Waals surface area contributed by atoms with Crippen LogP contribution in [0, 0.1) is 0 Å². The number of hydrogen-bond donors (Lipinski definition) is 0. The summed E-state index contributed by atoms with van der Waals surface area (Å²) in [5, 5.41) is 9.98. The summed E-state index contributed by atoms with van der Waals surface area (Å²) in [4.78, 5) is 0. The third-order valence-electron chi connectivity index (χ3n) is 0.852. The van der Waals surface area contributed by atoms with Crippen LogP contribution in [-0.4, -0.2) is 14.7 Å². The monoisotopic (exact) mass is 117 g/mol. The molecule has 0 atom stereocenters. The van der Waals surface area contributed by atoms with Crippen molar-refractivity contribution in [2.45, 2.75) is 25.7 Å². The SMILES string of the molecule is C[Si](C)(C)CC[O]. The van der Waals surface area contributed by atoms with Crippen LogP contribution in [-0.2, 0) is 5.11 Å². The van der Waals surface area contributed by atoms with Crippen LogP contribution in [0.25, 0.3) is 0 Å². The van der Waals surface area contributed by atoms with E-state index in [1.165, 1.54) is 0 Å². The molecule has 0 aromatic heterocycles. The van der Waals surface area contributed by atoms with Gasteiger partial charge in [-0.1, -0.05) is 19.6 Å². The van der Waals surface area contributed by atoms with Gasteiger partial charge < -0.3 is 0 Å². The molecule has 7 heavy (non-hydrogen) atoms. The highest BCUT2D eigenvalue weighted by Gasteiger charge is 2.10. The molecule has 1 radical (unpaired) electrons. The molecule has 2 heteroatoms. The molecule has 43 valence electrons. The van der Waals surface area contributed by atoms with Crippen molar-refractivity contribution in [1.82, 2.24) is 0 Å². The summed E-state index contributed by atoms with van der Waals surface area (Å²) >= 11 is 0. The predicted octanol–water partition coefficient (Wildman–Crippen LogP) is 1.76. The van der Waals surface area contributed by atoms with Gasteiger partial charge in [-0.05, 0) is 6.04 Å². The quantitative estimate of drug-likeness (QED) is 0.491. The molecule has 0 aliphatic carbocycles. The Morgan fingerprint density at radius 2 is 1.71 bits per heavy atom. The van der Waals surface area contributed by atoms with Gasteiger partial charge in [0, 0.05) is 8.07 Å². The molecule has 0 spiro atoms. The van der Waals surface area contributed by atoms with Crippen molar-refractivity contribution in [2.75, 3.05) is 6.61 Å². The van der Waals surface area contributed by atoms with Crippen LogP contribution >= 0.6 is 0 Å². The molecule has 0 aromatic carbocycles. The Morgan fingerprint density at radius 3 is 1.71 bits per heavy atom. The highest BCUT2D eigenvalue weighted by molar-refractivity contribution is 6.76. The second-order valence-electron chi connectivity index (χ2n) is 3.01. The zero-order valence-electron chi connectivity index (χ0n) is 5.32. The lowest BCUT2D eigenvalue weighted by atomic mass is 10.9. The van der Waals surface area contributed by atoms with E-state index >= 15 is 0 Å². The third kappa shape index (κ3) is 6.18. The minimum Gasteiger partial charge on any atom is -0.237 e. The van der Waals surface area contributed by atoms with E-state index in [9.17, 15) is 5.11 Å². The van der Waals surface area contributed by atoms with Crippen molar-refractivity contribution in [3.05, 3.63) is 0 Å². The van der Waals surface area contributed by atoms with Crippen LogP contribution in [0.5, 0.6) is 0 Å². The Hall–Kier alpha value is 0.177. The maximum absolute atomic E-state index is 9.98. The zero-order valence-corrected chi connectivity index (χ0v) is 6.32. The van der Waals surface area contributed by atoms with Crippen LogP contribution in [0.15, 0.2) is 0 Å². The molecule has 0 N–H and O–H groups in total. The summed E-state index contributed by atoms with van der Waals surface area (Å²) < 4.78 is 0. The van der Waals surface area contributed by atoms with Crippen molar-refractivity contribution in [2.24, 2.45) is 0 Å². The summed E-state index contributed by atoms with van der Waals surface area (Å²) in [6.07, 6.45) is 0. The van der Waals surface area contributed by atoms with E-state index in [1.54, 1.807) is 0 Å². The van der Waals surface area contributed by atoms with Gasteiger partial charge in [0.05, 0.1) is 6.61 Å². The third-order valence-corrected chi connectivity index (χ3v) is 2.56. The van der Waals surface area contributed by atoms with Crippen LogP contribution in [0.4, 0.5) is 0 Å². The van der Waals surface area contributed by atoms with Gasteiger partial charge >= 0.3 is 0 Å².